The third-order valence-electron chi connectivity index (χ3n) is 8.57. The van der Waals surface area contributed by atoms with Crippen molar-refractivity contribution in [2.24, 2.45) is 5.92 Å². The Kier molecular flexibility index (Phi) is 6.49. The van der Waals surface area contributed by atoms with Gasteiger partial charge >= 0.3 is 0 Å². The molecular weight excluding hydrogens is 534 g/mol. The van der Waals surface area contributed by atoms with E-state index in [0.29, 0.717) is 5.92 Å². The minimum Gasteiger partial charge on any atom is -0.310 e. The Bertz CT molecular complexity index is 2080. The van der Waals surface area contributed by atoms with Gasteiger partial charge in [-0.2, -0.15) is 0 Å². The van der Waals surface area contributed by atoms with Crippen LogP contribution in [0.15, 0.2) is 146 Å². The first-order chi connectivity index (χ1) is 21.7. The van der Waals surface area contributed by atoms with Gasteiger partial charge in [-0.3, -0.25) is 0 Å². The fraction of sp³-hybridized carbons (Fsp3) is 0.0732. The summed E-state index contributed by atoms with van der Waals surface area (Å²) in [5.74, 6) is 1.28. The molecule has 0 fully saturated rings. The standard InChI is InChI=1S/C41H31N3/c1-28-19-24-40-36(25-28)35-17-8-9-18-39(35)44(40)34-22-20-29(21-23-34)32-15-10-16-33(26-32)38-27-37(30-11-4-2-5-12-30)42-41(43-38)31-13-6-3-7-14-31/h2-24,26-28H,25H2,1H3. The summed E-state index contributed by atoms with van der Waals surface area (Å²) in [5.41, 5.74) is 12.5. The Hall–Kier alpha value is -5.54. The molecule has 1 aliphatic carbocycles. The maximum Gasteiger partial charge on any atom is 0.160 e. The summed E-state index contributed by atoms with van der Waals surface area (Å²) in [5, 5.41) is 1.35. The summed E-state index contributed by atoms with van der Waals surface area (Å²) < 4.78 is 2.41. The van der Waals surface area contributed by atoms with E-state index < -0.39 is 0 Å². The first-order valence-corrected chi connectivity index (χ1v) is 15.2. The Morgan fingerprint density at radius 2 is 1.20 bits per heavy atom. The van der Waals surface area contributed by atoms with Crippen LogP contribution in [0.25, 0.3) is 67.7 Å². The zero-order valence-corrected chi connectivity index (χ0v) is 24.6. The molecule has 3 nitrogen and oxygen atoms in total. The first-order valence-electron chi connectivity index (χ1n) is 15.2. The molecule has 210 valence electrons. The van der Waals surface area contributed by atoms with E-state index >= 15 is 0 Å². The second kappa shape index (κ2) is 10.9. The molecular formula is C41H31N3. The maximum absolute atomic E-state index is 5.04. The minimum atomic E-state index is 0.554. The third kappa shape index (κ3) is 4.73. The van der Waals surface area contributed by atoms with E-state index in [2.05, 4.69) is 127 Å². The molecule has 0 radical (unpaired) electrons. The van der Waals surface area contributed by atoms with Crippen molar-refractivity contribution in [3.63, 3.8) is 0 Å². The molecule has 0 saturated heterocycles. The number of rotatable bonds is 5. The maximum atomic E-state index is 5.04. The van der Waals surface area contributed by atoms with Crippen LogP contribution in [0.5, 0.6) is 0 Å². The van der Waals surface area contributed by atoms with E-state index in [9.17, 15) is 0 Å². The van der Waals surface area contributed by atoms with Gasteiger partial charge in [-0.15, -0.1) is 0 Å². The largest absolute Gasteiger partial charge is 0.310 e. The Balaban J connectivity index is 1.18. The average Bonchev–Trinajstić information content (AvgIpc) is 3.42. The molecule has 5 aromatic carbocycles. The van der Waals surface area contributed by atoms with Crippen LogP contribution < -0.4 is 0 Å². The molecule has 44 heavy (non-hydrogen) atoms. The van der Waals surface area contributed by atoms with E-state index in [0.717, 1.165) is 45.9 Å². The fourth-order valence-corrected chi connectivity index (χ4v) is 6.37. The zero-order valence-electron chi connectivity index (χ0n) is 24.6. The van der Waals surface area contributed by atoms with Crippen LogP contribution in [0.3, 0.4) is 0 Å². The molecule has 1 aliphatic rings. The van der Waals surface area contributed by atoms with Crippen LogP contribution in [-0.4, -0.2) is 14.5 Å². The van der Waals surface area contributed by atoms with Crippen molar-refractivity contribution in [1.29, 1.82) is 0 Å². The van der Waals surface area contributed by atoms with Gasteiger partial charge in [0.05, 0.1) is 16.9 Å². The average molecular weight is 566 g/mol. The topological polar surface area (TPSA) is 30.7 Å². The van der Waals surface area contributed by atoms with Gasteiger partial charge in [-0.1, -0.05) is 122 Å². The monoisotopic (exact) mass is 565 g/mol. The normalized spacial score (nSPS) is 14.1. The molecule has 0 bridgehead atoms. The molecule has 0 amide bonds. The van der Waals surface area contributed by atoms with Crippen molar-refractivity contribution < 1.29 is 0 Å². The number of hydrogen-bond acceptors (Lipinski definition) is 2. The van der Waals surface area contributed by atoms with Crippen molar-refractivity contribution in [1.82, 2.24) is 14.5 Å². The second-order valence-electron chi connectivity index (χ2n) is 11.6. The van der Waals surface area contributed by atoms with Crippen LogP contribution in [0, 0.1) is 5.92 Å². The highest BCUT2D eigenvalue weighted by Crippen LogP contribution is 2.36. The van der Waals surface area contributed by atoms with Gasteiger partial charge in [-0.25, -0.2) is 9.97 Å². The molecule has 2 heterocycles. The van der Waals surface area contributed by atoms with Crippen molar-refractivity contribution in [2.75, 3.05) is 0 Å². The van der Waals surface area contributed by atoms with E-state index in [1.165, 1.54) is 33.4 Å². The molecule has 0 saturated carbocycles. The molecule has 1 atom stereocenters. The van der Waals surface area contributed by atoms with E-state index in [1.54, 1.807) is 0 Å². The van der Waals surface area contributed by atoms with Gasteiger partial charge in [0.2, 0.25) is 0 Å². The summed E-state index contributed by atoms with van der Waals surface area (Å²) in [6.07, 6.45) is 5.71. The number of aromatic nitrogens is 3. The quantitative estimate of drug-likeness (QED) is 0.208. The highest BCUT2D eigenvalue weighted by atomic mass is 15.0. The Morgan fingerprint density at radius 1 is 0.568 bits per heavy atom. The summed E-state index contributed by atoms with van der Waals surface area (Å²) in [6.45, 7) is 2.29. The van der Waals surface area contributed by atoms with Crippen molar-refractivity contribution in [3.05, 3.63) is 157 Å². The lowest BCUT2D eigenvalue weighted by Gasteiger charge is -2.16. The highest BCUT2D eigenvalue weighted by Gasteiger charge is 2.20. The lowest BCUT2D eigenvalue weighted by atomic mass is 9.93. The van der Waals surface area contributed by atoms with Crippen molar-refractivity contribution in [3.8, 4) is 50.7 Å². The van der Waals surface area contributed by atoms with Gasteiger partial charge in [0.15, 0.2) is 5.82 Å². The van der Waals surface area contributed by atoms with Crippen LogP contribution in [0.4, 0.5) is 0 Å². The van der Waals surface area contributed by atoms with E-state index in [1.807, 2.05) is 36.4 Å². The predicted molar refractivity (Wildman–Crippen MR) is 183 cm³/mol. The van der Waals surface area contributed by atoms with Gasteiger partial charge in [0, 0.05) is 33.5 Å². The third-order valence-corrected chi connectivity index (χ3v) is 8.57. The van der Waals surface area contributed by atoms with Gasteiger partial charge < -0.3 is 4.57 Å². The summed E-state index contributed by atoms with van der Waals surface area (Å²) >= 11 is 0. The molecule has 8 rings (SSSR count). The molecule has 1 unspecified atom stereocenters. The van der Waals surface area contributed by atoms with Crippen LogP contribution >= 0.6 is 0 Å². The van der Waals surface area contributed by atoms with Crippen LogP contribution in [0.2, 0.25) is 0 Å². The predicted octanol–water partition coefficient (Wildman–Crippen LogP) is 10.3. The Labute approximate surface area is 257 Å². The smallest absolute Gasteiger partial charge is 0.160 e. The lowest BCUT2D eigenvalue weighted by Crippen LogP contribution is -2.05. The zero-order chi connectivity index (χ0) is 29.5. The number of hydrogen-bond donors (Lipinski definition) is 0. The fourth-order valence-electron chi connectivity index (χ4n) is 6.37. The molecule has 2 aromatic heterocycles. The molecule has 0 spiro atoms. The lowest BCUT2D eigenvalue weighted by molar-refractivity contribution is 0.718. The number of fused-ring (bicyclic) bond motifs is 3. The van der Waals surface area contributed by atoms with Gasteiger partial charge in [0.1, 0.15) is 0 Å². The van der Waals surface area contributed by atoms with E-state index in [-0.39, 0.29) is 0 Å². The first kappa shape index (κ1) is 26.1. The van der Waals surface area contributed by atoms with Crippen LogP contribution in [0.1, 0.15) is 18.2 Å². The summed E-state index contributed by atoms with van der Waals surface area (Å²) in [6, 6.07) is 49.0. The number of nitrogens with zero attached hydrogens (tertiary/aromatic N) is 3. The molecule has 0 N–H and O–H groups in total. The number of benzene rings is 5. The number of allylic oxidation sites excluding steroid dienone is 1. The van der Waals surface area contributed by atoms with Crippen molar-refractivity contribution >= 4 is 17.0 Å². The number of para-hydroxylation sites is 1. The van der Waals surface area contributed by atoms with Gasteiger partial charge in [0.25, 0.3) is 0 Å². The summed E-state index contributed by atoms with van der Waals surface area (Å²) in [7, 11) is 0. The van der Waals surface area contributed by atoms with E-state index in [4.69, 9.17) is 9.97 Å². The minimum absolute atomic E-state index is 0.554. The molecule has 3 heteroatoms. The second-order valence-corrected chi connectivity index (χ2v) is 11.6. The van der Waals surface area contributed by atoms with Crippen LogP contribution in [-0.2, 0) is 6.42 Å². The Morgan fingerprint density at radius 3 is 1.98 bits per heavy atom. The molecule has 0 aliphatic heterocycles. The SMILES string of the molecule is CC1C=Cc2c(c3ccccc3n2-c2ccc(-c3cccc(-c4cc(-c5ccccc5)nc(-c5ccccc5)n4)c3)cc2)C1. The highest BCUT2D eigenvalue weighted by molar-refractivity contribution is 5.91. The van der Waals surface area contributed by atoms with Gasteiger partial charge in [-0.05, 0) is 65.4 Å². The molecule has 7 aromatic rings. The van der Waals surface area contributed by atoms with Crippen molar-refractivity contribution in [2.45, 2.75) is 13.3 Å². The summed E-state index contributed by atoms with van der Waals surface area (Å²) in [4.78, 5) is 9.99.